The van der Waals surface area contributed by atoms with Crippen molar-refractivity contribution in [2.75, 3.05) is 13.1 Å². The molecule has 0 bridgehead atoms. The summed E-state index contributed by atoms with van der Waals surface area (Å²) in [6.07, 6.45) is 0.481. The van der Waals surface area contributed by atoms with Crippen LogP contribution in [0, 0.1) is 0 Å². The van der Waals surface area contributed by atoms with Gasteiger partial charge in [0.2, 0.25) is 0 Å². The topological polar surface area (TPSA) is 29.1 Å². The number of ketones is 1. The van der Waals surface area contributed by atoms with Crippen LogP contribution in [0.25, 0.3) is 0 Å². The second-order valence-electron chi connectivity index (χ2n) is 4.03. The Bertz CT molecular complexity index is 383. The van der Waals surface area contributed by atoms with Crippen LogP contribution in [-0.2, 0) is 5.67 Å². The fourth-order valence-electron chi connectivity index (χ4n) is 1.92. The smallest absolute Gasteiger partial charge is 0.159 e. The first-order valence-corrected chi connectivity index (χ1v) is 5.13. The Morgan fingerprint density at radius 2 is 2.33 bits per heavy atom. The normalized spacial score (nSPS) is 25.5. The van der Waals surface area contributed by atoms with Gasteiger partial charge in [-0.2, -0.15) is 0 Å². The summed E-state index contributed by atoms with van der Waals surface area (Å²) in [7, 11) is 0. The number of hydrogen-bond donors (Lipinski definition) is 1. The van der Waals surface area contributed by atoms with Crippen LogP contribution < -0.4 is 5.32 Å². The van der Waals surface area contributed by atoms with E-state index < -0.39 is 5.67 Å². The molecule has 1 heterocycles. The van der Waals surface area contributed by atoms with Crippen molar-refractivity contribution < 1.29 is 9.18 Å². The molecule has 1 aliphatic heterocycles. The lowest BCUT2D eigenvalue weighted by Crippen LogP contribution is -2.23. The molecule has 0 saturated carbocycles. The number of Topliss-reactive ketones (excluding diaryl/α,β-unsaturated/α-hetero) is 1. The molecule has 0 spiro atoms. The van der Waals surface area contributed by atoms with Crippen LogP contribution in [0.15, 0.2) is 24.3 Å². The highest BCUT2D eigenvalue weighted by Crippen LogP contribution is 2.32. The van der Waals surface area contributed by atoms with Gasteiger partial charge < -0.3 is 5.32 Å². The fraction of sp³-hybridized carbons (Fsp3) is 0.417. The second kappa shape index (κ2) is 3.74. The maximum absolute atomic E-state index is 14.3. The van der Waals surface area contributed by atoms with E-state index in [0.29, 0.717) is 30.6 Å². The average molecular weight is 207 g/mol. The minimum Gasteiger partial charge on any atom is -0.313 e. The third kappa shape index (κ3) is 1.92. The van der Waals surface area contributed by atoms with Gasteiger partial charge in [0.15, 0.2) is 5.78 Å². The molecule has 1 aromatic carbocycles. The van der Waals surface area contributed by atoms with Crippen molar-refractivity contribution in [3.05, 3.63) is 35.4 Å². The molecule has 1 aromatic rings. The second-order valence-corrected chi connectivity index (χ2v) is 4.03. The van der Waals surface area contributed by atoms with Gasteiger partial charge in [-0.25, -0.2) is 4.39 Å². The summed E-state index contributed by atoms with van der Waals surface area (Å²) in [5, 5.41) is 3.00. The molecule has 1 saturated heterocycles. The number of carbonyl (C=O) groups is 1. The van der Waals surface area contributed by atoms with Crippen molar-refractivity contribution in [2.45, 2.75) is 19.0 Å². The number of hydrogen-bond acceptors (Lipinski definition) is 2. The maximum Gasteiger partial charge on any atom is 0.159 e. The quantitative estimate of drug-likeness (QED) is 0.752. The molecule has 0 amide bonds. The predicted octanol–water partition coefficient (Wildman–Crippen LogP) is 2.05. The summed E-state index contributed by atoms with van der Waals surface area (Å²) in [6.45, 7) is 2.53. The van der Waals surface area contributed by atoms with Crippen molar-refractivity contribution in [1.29, 1.82) is 0 Å². The van der Waals surface area contributed by atoms with Crippen LogP contribution in [0.1, 0.15) is 29.3 Å². The average Bonchev–Trinajstić information content (AvgIpc) is 2.67. The number of alkyl halides is 1. The molecule has 0 aliphatic carbocycles. The van der Waals surface area contributed by atoms with E-state index in [1.165, 1.54) is 6.92 Å². The van der Waals surface area contributed by atoms with Crippen molar-refractivity contribution in [1.82, 2.24) is 5.32 Å². The molecular formula is C12H14FNO. The zero-order valence-corrected chi connectivity index (χ0v) is 8.72. The van der Waals surface area contributed by atoms with E-state index in [1.54, 1.807) is 24.3 Å². The van der Waals surface area contributed by atoms with E-state index in [4.69, 9.17) is 0 Å². The van der Waals surface area contributed by atoms with Gasteiger partial charge in [-0.1, -0.05) is 18.2 Å². The van der Waals surface area contributed by atoms with Gasteiger partial charge in [0, 0.05) is 12.1 Å². The maximum atomic E-state index is 14.3. The number of benzene rings is 1. The number of rotatable bonds is 2. The van der Waals surface area contributed by atoms with Gasteiger partial charge in [0.05, 0.1) is 0 Å². The third-order valence-corrected chi connectivity index (χ3v) is 2.89. The molecule has 1 N–H and O–H groups in total. The minimum atomic E-state index is -1.30. The highest BCUT2D eigenvalue weighted by molar-refractivity contribution is 5.94. The Labute approximate surface area is 88.5 Å². The monoisotopic (exact) mass is 207 g/mol. The standard InChI is InChI=1S/C12H14FNO/c1-9(15)10-3-2-4-11(7-10)12(13)5-6-14-8-12/h2-4,7,14H,5-6,8H2,1H3. The number of halogens is 1. The van der Waals surface area contributed by atoms with Gasteiger partial charge in [-0.3, -0.25) is 4.79 Å². The van der Waals surface area contributed by atoms with Crippen molar-refractivity contribution in [2.24, 2.45) is 0 Å². The SMILES string of the molecule is CC(=O)c1cccc(C2(F)CCNC2)c1. The van der Waals surface area contributed by atoms with Crippen molar-refractivity contribution in [3.8, 4) is 0 Å². The van der Waals surface area contributed by atoms with E-state index >= 15 is 0 Å². The van der Waals surface area contributed by atoms with Gasteiger partial charge >= 0.3 is 0 Å². The van der Waals surface area contributed by atoms with Gasteiger partial charge in [0.25, 0.3) is 0 Å². The summed E-state index contributed by atoms with van der Waals surface area (Å²) in [6, 6.07) is 6.87. The Morgan fingerprint density at radius 1 is 1.53 bits per heavy atom. The lowest BCUT2D eigenvalue weighted by molar-refractivity contribution is 0.101. The van der Waals surface area contributed by atoms with E-state index in [-0.39, 0.29) is 5.78 Å². The molecule has 0 aromatic heterocycles. The van der Waals surface area contributed by atoms with Crippen LogP contribution in [0.2, 0.25) is 0 Å². The summed E-state index contributed by atoms with van der Waals surface area (Å²) in [5.74, 6) is -0.0218. The fourth-order valence-corrected chi connectivity index (χ4v) is 1.92. The van der Waals surface area contributed by atoms with Crippen LogP contribution in [0.4, 0.5) is 4.39 Å². The Balaban J connectivity index is 2.36. The molecule has 2 rings (SSSR count). The van der Waals surface area contributed by atoms with E-state index in [1.807, 2.05) is 0 Å². The minimum absolute atomic E-state index is 0.0218. The lowest BCUT2D eigenvalue weighted by atomic mass is 9.93. The Morgan fingerprint density at radius 3 is 2.93 bits per heavy atom. The van der Waals surface area contributed by atoms with Crippen LogP contribution in [0.3, 0.4) is 0 Å². The molecule has 3 heteroatoms. The molecule has 80 valence electrons. The molecule has 2 nitrogen and oxygen atoms in total. The molecule has 1 unspecified atom stereocenters. The van der Waals surface area contributed by atoms with Crippen LogP contribution in [0.5, 0.6) is 0 Å². The highest BCUT2D eigenvalue weighted by Gasteiger charge is 2.35. The molecule has 1 atom stereocenters. The van der Waals surface area contributed by atoms with Crippen molar-refractivity contribution >= 4 is 5.78 Å². The summed E-state index contributed by atoms with van der Waals surface area (Å²) in [4.78, 5) is 11.2. The highest BCUT2D eigenvalue weighted by atomic mass is 19.1. The largest absolute Gasteiger partial charge is 0.313 e. The molecule has 0 radical (unpaired) electrons. The first-order chi connectivity index (χ1) is 7.12. The summed E-state index contributed by atoms with van der Waals surface area (Å²) in [5.41, 5.74) is -0.109. The number of nitrogens with one attached hydrogen (secondary N) is 1. The summed E-state index contributed by atoms with van der Waals surface area (Å²) >= 11 is 0. The van der Waals surface area contributed by atoms with Crippen LogP contribution >= 0.6 is 0 Å². The molecular weight excluding hydrogens is 193 g/mol. The van der Waals surface area contributed by atoms with Crippen molar-refractivity contribution in [3.63, 3.8) is 0 Å². The zero-order chi connectivity index (χ0) is 10.9. The Hall–Kier alpha value is -1.22. The number of carbonyl (C=O) groups excluding carboxylic acids is 1. The lowest BCUT2D eigenvalue weighted by Gasteiger charge is -2.18. The molecule has 15 heavy (non-hydrogen) atoms. The summed E-state index contributed by atoms with van der Waals surface area (Å²) < 4.78 is 14.3. The first-order valence-electron chi connectivity index (χ1n) is 5.13. The Kier molecular flexibility index (Phi) is 2.57. The van der Waals surface area contributed by atoms with Crippen LogP contribution in [-0.4, -0.2) is 18.9 Å². The van der Waals surface area contributed by atoms with E-state index in [0.717, 1.165) is 0 Å². The predicted molar refractivity (Wildman–Crippen MR) is 56.7 cm³/mol. The van der Waals surface area contributed by atoms with Gasteiger partial charge in [-0.15, -0.1) is 0 Å². The van der Waals surface area contributed by atoms with Gasteiger partial charge in [0.1, 0.15) is 5.67 Å². The molecule has 1 aliphatic rings. The third-order valence-electron chi connectivity index (χ3n) is 2.89. The zero-order valence-electron chi connectivity index (χ0n) is 8.72. The van der Waals surface area contributed by atoms with Gasteiger partial charge in [-0.05, 0) is 31.5 Å². The first kappa shape index (κ1) is 10.3. The molecule has 1 fully saturated rings. The van der Waals surface area contributed by atoms with E-state index in [9.17, 15) is 9.18 Å². The van der Waals surface area contributed by atoms with E-state index in [2.05, 4.69) is 5.32 Å².